The lowest BCUT2D eigenvalue weighted by Gasteiger charge is -2.21. The lowest BCUT2D eigenvalue weighted by Crippen LogP contribution is -2.42. The second-order valence-electron chi connectivity index (χ2n) is 6.23. The molecule has 3 heterocycles. The second-order valence-corrected chi connectivity index (χ2v) is 6.23. The molecule has 0 aromatic carbocycles. The van der Waals surface area contributed by atoms with Gasteiger partial charge in [0.25, 0.3) is 0 Å². The van der Waals surface area contributed by atoms with Crippen molar-refractivity contribution in [2.24, 2.45) is 0 Å². The Morgan fingerprint density at radius 3 is 3.04 bits per heavy atom. The number of furan rings is 1. The Morgan fingerprint density at radius 1 is 1.35 bits per heavy atom. The molecule has 1 saturated heterocycles. The van der Waals surface area contributed by atoms with E-state index in [9.17, 15) is 4.79 Å². The minimum Gasteiger partial charge on any atom is -0.467 e. The number of carbonyl (C=O) groups excluding carboxylic acids is 1. The van der Waals surface area contributed by atoms with E-state index in [2.05, 4.69) is 20.4 Å². The van der Waals surface area contributed by atoms with Gasteiger partial charge in [0.1, 0.15) is 5.76 Å². The van der Waals surface area contributed by atoms with Gasteiger partial charge in [0.05, 0.1) is 25.4 Å². The van der Waals surface area contributed by atoms with E-state index < -0.39 is 0 Å². The fourth-order valence-electron chi connectivity index (χ4n) is 3.02. The van der Waals surface area contributed by atoms with Crippen LogP contribution in [0.2, 0.25) is 0 Å². The first-order valence-electron chi connectivity index (χ1n) is 8.16. The monoisotopic (exact) mass is 316 g/mol. The molecule has 0 radical (unpaired) electrons. The van der Waals surface area contributed by atoms with Gasteiger partial charge in [-0.2, -0.15) is 0 Å². The van der Waals surface area contributed by atoms with E-state index in [1.165, 1.54) is 0 Å². The van der Waals surface area contributed by atoms with Crippen LogP contribution >= 0.6 is 0 Å². The Labute approximate surface area is 134 Å². The fraction of sp³-hybridized carbons (Fsp3) is 0.562. The molecule has 7 nitrogen and oxygen atoms in total. The van der Waals surface area contributed by atoms with Gasteiger partial charge in [-0.1, -0.05) is 0 Å². The predicted octanol–water partition coefficient (Wildman–Crippen LogP) is 1.82. The van der Waals surface area contributed by atoms with Crippen molar-refractivity contribution in [3.8, 4) is 0 Å². The summed E-state index contributed by atoms with van der Waals surface area (Å²) in [5, 5.41) is 11.2. The quantitative estimate of drug-likeness (QED) is 0.875. The number of hydrogen-bond donors (Lipinski definition) is 1. The largest absolute Gasteiger partial charge is 0.467 e. The third kappa shape index (κ3) is 3.29. The number of hydrogen-bond acceptors (Lipinski definition) is 6. The first-order chi connectivity index (χ1) is 11.3. The Bertz CT molecular complexity index is 663. The first kappa shape index (κ1) is 14.4. The summed E-state index contributed by atoms with van der Waals surface area (Å²) >= 11 is 0. The van der Waals surface area contributed by atoms with Crippen molar-refractivity contribution >= 4 is 5.91 Å². The van der Waals surface area contributed by atoms with E-state index in [4.69, 9.17) is 8.83 Å². The van der Waals surface area contributed by atoms with Gasteiger partial charge in [0, 0.05) is 5.92 Å². The summed E-state index contributed by atoms with van der Waals surface area (Å²) in [6.45, 7) is 1.83. The van der Waals surface area contributed by atoms with E-state index in [-0.39, 0.29) is 11.9 Å². The topological polar surface area (TPSA) is 84.4 Å². The molecule has 2 fully saturated rings. The smallest absolute Gasteiger partial charge is 0.237 e. The molecule has 23 heavy (non-hydrogen) atoms. The number of aromatic nitrogens is 2. The zero-order valence-electron chi connectivity index (χ0n) is 12.9. The van der Waals surface area contributed by atoms with Gasteiger partial charge in [-0.05, 0) is 44.4 Å². The molecule has 2 aliphatic rings. The summed E-state index contributed by atoms with van der Waals surface area (Å²) in [7, 11) is 0. The van der Waals surface area contributed by atoms with Gasteiger partial charge in [0.15, 0.2) is 0 Å². The summed E-state index contributed by atoms with van der Waals surface area (Å²) < 4.78 is 10.9. The molecule has 0 spiro atoms. The number of nitrogens with one attached hydrogen (secondary N) is 1. The summed E-state index contributed by atoms with van der Waals surface area (Å²) in [5.41, 5.74) is 0. The predicted molar refractivity (Wildman–Crippen MR) is 80.3 cm³/mol. The summed E-state index contributed by atoms with van der Waals surface area (Å²) in [5.74, 6) is 2.60. The second kappa shape index (κ2) is 6.16. The Balaban J connectivity index is 1.34. The summed E-state index contributed by atoms with van der Waals surface area (Å²) in [6.07, 6.45) is 5.75. The minimum absolute atomic E-state index is 0.0285. The van der Waals surface area contributed by atoms with Gasteiger partial charge in [-0.3, -0.25) is 9.69 Å². The number of nitrogens with zero attached hydrogens (tertiary/aromatic N) is 3. The number of carbonyl (C=O) groups is 1. The fourth-order valence-corrected chi connectivity index (χ4v) is 3.02. The van der Waals surface area contributed by atoms with Crippen LogP contribution in [0.15, 0.2) is 27.2 Å². The molecule has 1 atom stereocenters. The minimum atomic E-state index is -0.138. The highest BCUT2D eigenvalue weighted by Gasteiger charge is 2.33. The van der Waals surface area contributed by atoms with Crippen molar-refractivity contribution in [3.05, 3.63) is 35.9 Å². The SMILES string of the molecule is O=C(NCc1ccco1)C1CCCN1Cc1nnc(C2CC2)o1. The van der Waals surface area contributed by atoms with Crippen LogP contribution in [-0.4, -0.2) is 33.6 Å². The average molecular weight is 316 g/mol. The van der Waals surface area contributed by atoms with Crippen LogP contribution in [0.3, 0.4) is 0 Å². The molecule has 1 aliphatic carbocycles. The van der Waals surface area contributed by atoms with Gasteiger partial charge < -0.3 is 14.2 Å². The van der Waals surface area contributed by atoms with Crippen LogP contribution in [0.4, 0.5) is 0 Å². The highest BCUT2D eigenvalue weighted by Crippen LogP contribution is 2.39. The number of rotatable bonds is 6. The van der Waals surface area contributed by atoms with Crippen LogP contribution < -0.4 is 5.32 Å². The van der Waals surface area contributed by atoms with Crippen molar-refractivity contribution in [2.75, 3.05) is 6.54 Å². The van der Waals surface area contributed by atoms with Crippen LogP contribution in [0.25, 0.3) is 0 Å². The lowest BCUT2D eigenvalue weighted by atomic mass is 10.2. The average Bonchev–Trinajstić information content (AvgIpc) is 2.99. The highest BCUT2D eigenvalue weighted by atomic mass is 16.4. The third-order valence-electron chi connectivity index (χ3n) is 4.43. The Morgan fingerprint density at radius 2 is 2.26 bits per heavy atom. The van der Waals surface area contributed by atoms with Gasteiger partial charge in [-0.15, -0.1) is 10.2 Å². The zero-order chi connectivity index (χ0) is 15.6. The molecule has 122 valence electrons. The number of amides is 1. The summed E-state index contributed by atoms with van der Waals surface area (Å²) in [6, 6.07) is 3.53. The van der Waals surface area contributed by atoms with Crippen molar-refractivity contribution in [2.45, 2.75) is 50.7 Å². The maximum absolute atomic E-state index is 12.4. The van der Waals surface area contributed by atoms with E-state index >= 15 is 0 Å². The van der Waals surface area contributed by atoms with Crippen LogP contribution in [-0.2, 0) is 17.9 Å². The van der Waals surface area contributed by atoms with E-state index in [1.54, 1.807) is 6.26 Å². The molecule has 2 aromatic rings. The molecular weight excluding hydrogens is 296 g/mol. The standard InChI is InChI=1S/C16H20N4O3/c21-15(17-9-12-3-2-8-22-12)13-4-1-7-20(13)10-14-18-19-16(23-14)11-5-6-11/h2-3,8,11,13H,1,4-7,9-10H2,(H,17,21). The zero-order valence-corrected chi connectivity index (χ0v) is 12.9. The van der Waals surface area contributed by atoms with Crippen LogP contribution in [0.1, 0.15) is 49.1 Å². The molecule has 1 aliphatic heterocycles. The van der Waals surface area contributed by atoms with E-state index in [1.807, 2.05) is 12.1 Å². The van der Waals surface area contributed by atoms with Crippen molar-refractivity contribution in [1.82, 2.24) is 20.4 Å². The molecular formula is C16H20N4O3. The van der Waals surface area contributed by atoms with Crippen molar-refractivity contribution < 1.29 is 13.6 Å². The Hall–Kier alpha value is -2.15. The summed E-state index contributed by atoms with van der Waals surface area (Å²) in [4.78, 5) is 14.5. The first-order valence-corrected chi connectivity index (χ1v) is 8.16. The van der Waals surface area contributed by atoms with Crippen molar-refractivity contribution in [1.29, 1.82) is 0 Å². The molecule has 7 heteroatoms. The lowest BCUT2D eigenvalue weighted by molar-refractivity contribution is -0.126. The van der Waals surface area contributed by atoms with E-state index in [0.29, 0.717) is 24.9 Å². The molecule has 1 N–H and O–H groups in total. The normalized spacial score (nSPS) is 21.7. The number of likely N-dealkylation sites (tertiary alicyclic amines) is 1. The maximum Gasteiger partial charge on any atom is 0.237 e. The van der Waals surface area contributed by atoms with Crippen molar-refractivity contribution in [3.63, 3.8) is 0 Å². The maximum atomic E-state index is 12.4. The van der Waals surface area contributed by atoms with Crippen LogP contribution in [0, 0.1) is 0 Å². The third-order valence-corrected chi connectivity index (χ3v) is 4.43. The molecule has 0 bridgehead atoms. The van der Waals surface area contributed by atoms with Gasteiger partial charge in [0.2, 0.25) is 17.7 Å². The van der Waals surface area contributed by atoms with Gasteiger partial charge >= 0.3 is 0 Å². The molecule has 1 saturated carbocycles. The molecule has 4 rings (SSSR count). The molecule has 2 aromatic heterocycles. The highest BCUT2D eigenvalue weighted by molar-refractivity contribution is 5.81. The van der Waals surface area contributed by atoms with Crippen LogP contribution in [0.5, 0.6) is 0 Å². The van der Waals surface area contributed by atoms with Gasteiger partial charge in [-0.25, -0.2) is 0 Å². The Kier molecular flexibility index (Phi) is 3.87. The molecule has 1 amide bonds. The molecule has 1 unspecified atom stereocenters. The van der Waals surface area contributed by atoms with E-state index in [0.717, 1.165) is 43.9 Å².